The molecule has 1 unspecified atom stereocenters. The van der Waals surface area contributed by atoms with Crippen molar-refractivity contribution in [2.75, 3.05) is 0 Å². The molecule has 1 N–H and O–H groups in total. The maximum absolute atomic E-state index is 11.1. The first-order valence-electron chi connectivity index (χ1n) is 6.36. The van der Waals surface area contributed by atoms with E-state index in [1.54, 1.807) is 6.92 Å². The molecule has 0 aliphatic rings. The number of rotatable bonds is 7. The number of carbonyl (C=O) groups is 1. The lowest BCUT2D eigenvalue weighted by molar-refractivity contribution is -0.132. The van der Waals surface area contributed by atoms with Gasteiger partial charge in [0, 0.05) is 5.57 Å². The zero-order chi connectivity index (χ0) is 12.7. The molecule has 0 bridgehead atoms. The number of hydrogen-bond donors (Lipinski definition) is 1. The highest BCUT2D eigenvalue weighted by molar-refractivity contribution is 5.86. The predicted octanol–water partition coefficient (Wildman–Crippen LogP) is 4.26. The van der Waals surface area contributed by atoms with Gasteiger partial charge >= 0.3 is 5.97 Å². The van der Waals surface area contributed by atoms with Crippen LogP contribution in [-0.4, -0.2) is 11.1 Å². The molecule has 0 radical (unpaired) electrons. The molecule has 0 aromatic rings. The van der Waals surface area contributed by atoms with Crippen molar-refractivity contribution in [2.24, 2.45) is 11.8 Å². The average Bonchev–Trinajstić information content (AvgIpc) is 2.21. The summed E-state index contributed by atoms with van der Waals surface area (Å²) in [4.78, 5) is 11.1. The Morgan fingerprint density at radius 2 is 1.81 bits per heavy atom. The van der Waals surface area contributed by atoms with Crippen LogP contribution in [0.2, 0.25) is 0 Å². The summed E-state index contributed by atoms with van der Waals surface area (Å²) in [6.07, 6.45) is 4.17. The highest BCUT2D eigenvalue weighted by atomic mass is 16.4. The van der Waals surface area contributed by atoms with Crippen LogP contribution in [0.5, 0.6) is 0 Å². The Morgan fingerprint density at radius 3 is 2.12 bits per heavy atom. The summed E-state index contributed by atoms with van der Waals surface area (Å²) < 4.78 is 0. The molecule has 0 aliphatic carbocycles. The number of carboxylic acid groups (broad SMARTS) is 1. The molecular weight excluding hydrogens is 200 g/mol. The van der Waals surface area contributed by atoms with Crippen molar-refractivity contribution in [3.8, 4) is 0 Å². The normalized spacial score (nSPS) is 14.9. The zero-order valence-corrected chi connectivity index (χ0v) is 11.3. The summed E-state index contributed by atoms with van der Waals surface area (Å²) in [5.41, 5.74) is 1.72. The second-order valence-electron chi connectivity index (χ2n) is 4.95. The van der Waals surface area contributed by atoms with Gasteiger partial charge in [0.05, 0.1) is 0 Å². The minimum Gasteiger partial charge on any atom is -0.478 e. The Labute approximate surface area is 99.7 Å². The highest BCUT2D eigenvalue weighted by Crippen LogP contribution is 2.29. The van der Waals surface area contributed by atoms with E-state index in [2.05, 4.69) is 27.7 Å². The van der Waals surface area contributed by atoms with Crippen molar-refractivity contribution in [2.45, 2.75) is 60.3 Å². The maximum Gasteiger partial charge on any atom is 0.331 e. The number of allylic oxidation sites excluding steroid dienone is 1. The Bertz CT molecular complexity index is 251. The highest BCUT2D eigenvalue weighted by Gasteiger charge is 2.18. The van der Waals surface area contributed by atoms with E-state index in [0.717, 1.165) is 31.3 Å². The zero-order valence-electron chi connectivity index (χ0n) is 11.3. The van der Waals surface area contributed by atoms with Crippen molar-refractivity contribution in [1.29, 1.82) is 0 Å². The summed E-state index contributed by atoms with van der Waals surface area (Å²) >= 11 is 0. The van der Waals surface area contributed by atoms with E-state index < -0.39 is 5.97 Å². The van der Waals surface area contributed by atoms with Gasteiger partial charge in [-0.3, -0.25) is 0 Å². The van der Waals surface area contributed by atoms with E-state index in [9.17, 15) is 4.79 Å². The summed E-state index contributed by atoms with van der Waals surface area (Å²) in [5, 5.41) is 9.12. The first kappa shape index (κ1) is 15.2. The van der Waals surface area contributed by atoms with Gasteiger partial charge < -0.3 is 5.11 Å². The lowest BCUT2D eigenvalue weighted by Gasteiger charge is -2.22. The summed E-state index contributed by atoms with van der Waals surface area (Å²) in [6, 6.07) is 0. The van der Waals surface area contributed by atoms with Crippen LogP contribution >= 0.6 is 0 Å². The first-order chi connectivity index (χ1) is 7.43. The Balaban J connectivity index is 5.04. The van der Waals surface area contributed by atoms with Gasteiger partial charge in [-0.2, -0.15) is 0 Å². The van der Waals surface area contributed by atoms with Crippen LogP contribution in [0, 0.1) is 11.8 Å². The smallest absolute Gasteiger partial charge is 0.331 e. The van der Waals surface area contributed by atoms with E-state index in [1.165, 1.54) is 0 Å². The van der Waals surface area contributed by atoms with E-state index in [4.69, 9.17) is 5.11 Å². The third kappa shape index (κ3) is 4.82. The van der Waals surface area contributed by atoms with Crippen LogP contribution in [0.15, 0.2) is 11.1 Å². The van der Waals surface area contributed by atoms with Crippen molar-refractivity contribution < 1.29 is 9.90 Å². The van der Waals surface area contributed by atoms with E-state index in [-0.39, 0.29) is 0 Å². The van der Waals surface area contributed by atoms with Gasteiger partial charge in [0.25, 0.3) is 0 Å². The maximum atomic E-state index is 11.1. The van der Waals surface area contributed by atoms with Gasteiger partial charge in [-0.05, 0) is 38.0 Å². The van der Waals surface area contributed by atoms with Crippen molar-refractivity contribution >= 4 is 5.97 Å². The molecule has 2 nitrogen and oxygen atoms in total. The third-order valence-electron chi connectivity index (χ3n) is 3.05. The van der Waals surface area contributed by atoms with Crippen LogP contribution in [0.1, 0.15) is 60.3 Å². The van der Waals surface area contributed by atoms with Crippen LogP contribution in [0.3, 0.4) is 0 Å². The SMILES string of the molecule is CCCC(CC)/C(CC(C)C)=C(\C)C(=O)O. The molecular formula is C14H26O2. The molecule has 0 fully saturated rings. The lowest BCUT2D eigenvalue weighted by Crippen LogP contribution is -2.12. The molecule has 16 heavy (non-hydrogen) atoms. The minimum atomic E-state index is -0.759. The van der Waals surface area contributed by atoms with Gasteiger partial charge in [-0.1, -0.05) is 39.7 Å². The molecule has 1 atom stereocenters. The Morgan fingerprint density at radius 1 is 1.25 bits per heavy atom. The second-order valence-corrected chi connectivity index (χ2v) is 4.95. The fourth-order valence-electron chi connectivity index (χ4n) is 2.18. The Hall–Kier alpha value is -0.790. The molecule has 0 aliphatic heterocycles. The lowest BCUT2D eigenvalue weighted by atomic mass is 9.84. The fraction of sp³-hybridized carbons (Fsp3) is 0.786. The molecule has 2 heteroatoms. The van der Waals surface area contributed by atoms with E-state index in [1.807, 2.05) is 0 Å². The molecule has 0 aromatic carbocycles. The average molecular weight is 226 g/mol. The van der Waals surface area contributed by atoms with Crippen molar-refractivity contribution in [1.82, 2.24) is 0 Å². The molecule has 94 valence electrons. The molecule has 0 amide bonds. The van der Waals surface area contributed by atoms with Crippen LogP contribution in [0.4, 0.5) is 0 Å². The van der Waals surface area contributed by atoms with Crippen LogP contribution in [-0.2, 0) is 4.79 Å². The van der Waals surface area contributed by atoms with Crippen molar-refractivity contribution in [3.63, 3.8) is 0 Å². The number of aliphatic carboxylic acids is 1. The summed E-state index contributed by atoms with van der Waals surface area (Å²) in [7, 11) is 0. The van der Waals surface area contributed by atoms with Gasteiger partial charge in [0.15, 0.2) is 0 Å². The second kappa shape index (κ2) is 7.48. The minimum absolute atomic E-state index is 0.448. The van der Waals surface area contributed by atoms with Gasteiger partial charge in [0.1, 0.15) is 0 Å². The largest absolute Gasteiger partial charge is 0.478 e. The van der Waals surface area contributed by atoms with Gasteiger partial charge in [-0.25, -0.2) is 4.79 Å². The van der Waals surface area contributed by atoms with E-state index >= 15 is 0 Å². The van der Waals surface area contributed by atoms with Crippen LogP contribution < -0.4 is 0 Å². The van der Waals surface area contributed by atoms with Crippen LogP contribution in [0.25, 0.3) is 0 Å². The molecule has 0 aromatic heterocycles. The number of carboxylic acids is 1. The van der Waals surface area contributed by atoms with Gasteiger partial charge in [-0.15, -0.1) is 0 Å². The third-order valence-corrected chi connectivity index (χ3v) is 3.05. The standard InChI is InChI=1S/C14H26O2/c1-6-8-12(7-2)13(9-10(3)4)11(5)14(15)16/h10,12H,6-9H2,1-5H3,(H,15,16)/b13-11+. The first-order valence-corrected chi connectivity index (χ1v) is 6.36. The summed E-state index contributed by atoms with van der Waals surface area (Å²) in [5.74, 6) is 0.212. The monoisotopic (exact) mass is 226 g/mol. The molecule has 0 spiro atoms. The molecule has 0 heterocycles. The molecule has 0 rings (SSSR count). The fourth-order valence-corrected chi connectivity index (χ4v) is 2.18. The summed E-state index contributed by atoms with van der Waals surface area (Å²) in [6.45, 7) is 10.3. The predicted molar refractivity (Wildman–Crippen MR) is 68.5 cm³/mol. The topological polar surface area (TPSA) is 37.3 Å². The van der Waals surface area contributed by atoms with E-state index in [0.29, 0.717) is 17.4 Å². The quantitative estimate of drug-likeness (QED) is 0.658. The van der Waals surface area contributed by atoms with Crippen molar-refractivity contribution in [3.05, 3.63) is 11.1 Å². The molecule has 0 saturated heterocycles. The number of hydrogen-bond acceptors (Lipinski definition) is 1. The Kier molecular flexibility index (Phi) is 7.11. The molecule has 0 saturated carbocycles. The van der Waals surface area contributed by atoms with Gasteiger partial charge in [0.2, 0.25) is 0 Å².